The molecular weight excluding hydrogens is 210 g/mol. The summed E-state index contributed by atoms with van der Waals surface area (Å²) in [4.78, 5) is 0. The first-order valence-electron chi connectivity index (χ1n) is 3.88. The van der Waals surface area contributed by atoms with Gasteiger partial charge in [-0.3, -0.25) is 4.55 Å². The van der Waals surface area contributed by atoms with Crippen molar-refractivity contribution in [1.82, 2.24) is 0 Å². The van der Waals surface area contributed by atoms with Crippen LogP contribution in [0, 0.1) is 5.41 Å². The van der Waals surface area contributed by atoms with Crippen LogP contribution in [-0.2, 0) is 14.6 Å². The second-order valence-electron chi connectivity index (χ2n) is 4.11. The summed E-state index contributed by atoms with van der Waals surface area (Å²) in [5.41, 5.74) is -2.07. The molecule has 7 heteroatoms. The maximum Gasteiger partial charge on any atom is 0.398 e. The summed E-state index contributed by atoms with van der Waals surface area (Å²) >= 11 is 0. The molecule has 0 rings (SSSR count). The first-order chi connectivity index (χ1) is 6.02. The van der Waals surface area contributed by atoms with Gasteiger partial charge in [-0.05, 0) is 12.3 Å². The maximum absolute atomic E-state index is 10.6. The Bertz CT molecular complexity index is 315. The van der Waals surface area contributed by atoms with Crippen molar-refractivity contribution in [3.63, 3.8) is 0 Å². The summed E-state index contributed by atoms with van der Waals surface area (Å²) in [5, 5.41) is 11.1. The zero-order chi connectivity index (χ0) is 11.6. The van der Waals surface area contributed by atoms with E-state index in [1.54, 1.807) is 20.8 Å². The van der Waals surface area contributed by atoms with Crippen molar-refractivity contribution in [3.8, 4) is 0 Å². The Morgan fingerprint density at radius 2 is 1.71 bits per heavy atom. The molecule has 0 spiro atoms. The van der Waals surface area contributed by atoms with Crippen LogP contribution in [0.1, 0.15) is 27.7 Å². The van der Waals surface area contributed by atoms with Crippen LogP contribution in [0.3, 0.4) is 0 Å². The number of nitrogens with zero attached hydrogens (tertiary/aromatic N) is 1. The van der Waals surface area contributed by atoms with E-state index >= 15 is 0 Å². The zero-order valence-corrected chi connectivity index (χ0v) is 9.37. The van der Waals surface area contributed by atoms with E-state index in [1.165, 1.54) is 6.92 Å². The van der Waals surface area contributed by atoms with Crippen LogP contribution < -0.4 is 0 Å². The van der Waals surface area contributed by atoms with Crippen molar-refractivity contribution in [2.45, 2.75) is 33.3 Å². The van der Waals surface area contributed by atoms with Gasteiger partial charge in [0.05, 0.1) is 6.21 Å². The Morgan fingerprint density at radius 1 is 1.29 bits per heavy atom. The second kappa shape index (κ2) is 3.84. The van der Waals surface area contributed by atoms with Gasteiger partial charge in [0.25, 0.3) is 0 Å². The van der Waals surface area contributed by atoms with Crippen LogP contribution >= 0.6 is 0 Å². The van der Waals surface area contributed by atoms with Crippen molar-refractivity contribution in [3.05, 3.63) is 0 Å². The third-order valence-corrected chi connectivity index (χ3v) is 2.63. The normalized spacial score (nSPS) is 18.4. The molecule has 0 aliphatic heterocycles. The van der Waals surface area contributed by atoms with Gasteiger partial charge >= 0.3 is 10.4 Å². The fraction of sp³-hybridized carbons (Fsp3) is 0.857. The van der Waals surface area contributed by atoms with E-state index in [0.717, 1.165) is 6.21 Å². The van der Waals surface area contributed by atoms with Crippen molar-refractivity contribution in [2.75, 3.05) is 0 Å². The third kappa shape index (κ3) is 3.60. The number of hydrogen-bond acceptors (Lipinski definition) is 5. The fourth-order valence-corrected chi connectivity index (χ4v) is 1.40. The standard InChI is InChI=1S/C7H15NO5S/c1-6(2,3)7(4,5-8-9)13-14(10,11)12/h5,9H,1-4H3,(H,10,11,12)/b8-5+. The molecule has 1 unspecified atom stereocenters. The molecule has 0 bridgehead atoms. The summed E-state index contributed by atoms with van der Waals surface area (Å²) in [6.07, 6.45) is 0.917. The third-order valence-electron chi connectivity index (χ3n) is 2.07. The largest absolute Gasteiger partial charge is 0.411 e. The highest BCUT2D eigenvalue weighted by atomic mass is 32.3. The minimum atomic E-state index is -4.59. The highest BCUT2D eigenvalue weighted by Gasteiger charge is 2.41. The SMILES string of the molecule is CC(C)(C)C(C)(/C=N/O)OS(=O)(=O)O. The van der Waals surface area contributed by atoms with Gasteiger partial charge in [-0.2, -0.15) is 8.42 Å². The average Bonchev–Trinajstić information content (AvgIpc) is 1.79. The Balaban J connectivity index is 5.13. The van der Waals surface area contributed by atoms with E-state index in [4.69, 9.17) is 9.76 Å². The maximum atomic E-state index is 10.6. The van der Waals surface area contributed by atoms with Crippen LogP contribution in [0.5, 0.6) is 0 Å². The fourth-order valence-electron chi connectivity index (χ4n) is 0.669. The van der Waals surface area contributed by atoms with Gasteiger partial charge in [0.1, 0.15) is 5.60 Å². The first kappa shape index (κ1) is 13.3. The van der Waals surface area contributed by atoms with Gasteiger partial charge in [-0.1, -0.05) is 25.9 Å². The van der Waals surface area contributed by atoms with Crippen LogP contribution in [0.2, 0.25) is 0 Å². The van der Waals surface area contributed by atoms with Gasteiger partial charge < -0.3 is 5.21 Å². The molecule has 0 saturated carbocycles. The molecule has 14 heavy (non-hydrogen) atoms. The molecule has 1 atom stereocenters. The topological polar surface area (TPSA) is 96.2 Å². The molecule has 0 aliphatic rings. The molecule has 0 heterocycles. The zero-order valence-electron chi connectivity index (χ0n) is 8.55. The number of oxime groups is 1. The lowest BCUT2D eigenvalue weighted by molar-refractivity contribution is 0.0440. The molecule has 2 N–H and O–H groups in total. The van der Waals surface area contributed by atoms with E-state index < -0.39 is 21.4 Å². The molecule has 0 aromatic rings. The summed E-state index contributed by atoms with van der Waals surface area (Å²) in [6.45, 7) is 6.43. The van der Waals surface area contributed by atoms with Crippen molar-refractivity contribution in [2.24, 2.45) is 10.6 Å². The molecule has 0 aromatic heterocycles. The minimum Gasteiger partial charge on any atom is -0.411 e. The summed E-state index contributed by atoms with van der Waals surface area (Å²) in [5.74, 6) is 0. The van der Waals surface area contributed by atoms with Gasteiger partial charge in [0.15, 0.2) is 0 Å². The van der Waals surface area contributed by atoms with E-state index in [9.17, 15) is 8.42 Å². The first-order valence-corrected chi connectivity index (χ1v) is 5.25. The number of hydrogen-bond donors (Lipinski definition) is 2. The summed E-state index contributed by atoms with van der Waals surface area (Å²) < 4.78 is 34.1. The molecule has 6 nitrogen and oxygen atoms in total. The number of rotatable bonds is 3. The lowest BCUT2D eigenvalue weighted by atomic mass is 9.79. The van der Waals surface area contributed by atoms with Crippen LogP contribution in [-0.4, -0.2) is 30.0 Å². The second-order valence-corrected chi connectivity index (χ2v) is 5.13. The van der Waals surface area contributed by atoms with E-state index in [2.05, 4.69) is 9.34 Å². The molecule has 0 saturated heterocycles. The van der Waals surface area contributed by atoms with Gasteiger partial charge in [-0.25, -0.2) is 4.18 Å². The molecule has 0 radical (unpaired) electrons. The minimum absolute atomic E-state index is 0.658. The quantitative estimate of drug-likeness (QED) is 0.324. The van der Waals surface area contributed by atoms with E-state index in [1.807, 2.05) is 0 Å². The van der Waals surface area contributed by atoms with Crippen molar-refractivity contribution in [1.29, 1.82) is 0 Å². The molecule has 84 valence electrons. The highest BCUT2D eigenvalue weighted by molar-refractivity contribution is 7.81. The lowest BCUT2D eigenvalue weighted by Gasteiger charge is -2.35. The van der Waals surface area contributed by atoms with E-state index in [-0.39, 0.29) is 0 Å². The predicted octanol–water partition coefficient (Wildman–Crippen LogP) is 1.07. The Morgan fingerprint density at radius 3 is 1.93 bits per heavy atom. The van der Waals surface area contributed by atoms with Crippen LogP contribution in [0.4, 0.5) is 0 Å². The molecule has 0 aromatic carbocycles. The average molecular weight is 225 g/mol. The molecule has 0 fully saturated rings. The Kier molecular flexibility index (Phi) is 3.65. The monoisotopic (exact) mass is 225 g/mol. The smallest absolute Gasteiger partial charge is 0.398 e. The van der Waals surface area contributed by atoms with Gasteiger partial charge in [0.2, 0.25) is 0 Å². The molecular formula is C7H15NO5S. The summed E-state index contributed by atoms with van der Waals surface area (Å²) in [6, 6.07) is 0. The predicted molar refractivity (Wildman–Crippen MR) is 50.8 cm³/mol. The van der Waals surface area contributed by atoms with Gasteiger partial charge in [0, 0.05) is 0 Å². The summed E-state index contributed by atoms with van der Waals surface area (Å²) in [7, 11) is -4.59. The van der Waals surface area contributed by atoms with Gasteiger partial charge in [-0.15, -0.1) is 0 Å². The van der Waals surface area contributed by atoms with Crippen LogP contribution in [0.25, 0.3) is 0 Å². The lowest BCUT2D eigenvalue weighted by Crippen LogP contribution is -2.45. The van der Waals surface area contributed by atoms with Crippen molar-refractivity contribution < 1.29 is 22.4 Å². The highest BCUT2D eigenvalue weighted by Crippen LogP contribution is 2.33. The van der Waals surface area contributed by atoms with Crippen molar-refractivity contribution >= 4 is 16.6 Å². The molecule has 0 amide bonds. The Labute approximate surface area is 83.5 Å². The van der Waals surface area contributed by atoms with Crippen LogP contribution in [0.15, 0.2) is 5.16 Å². The van der Waals surface area contributed by atoms with E-state index in [0.29, 0.717) is 0 Å². The Hall–Kier alpha value is -0.660. The molecule has 0 aliphatic carbocycles.